The Balaban J connectivity index is 1.08. The normalized spacial score (nSPS) is 26.8. The molecule has 4 fully saturated rings. The lowest BCUT2D eigenvalue weighted by molar-refractivity contribution is -0.138. The predicted octanol–water partition coefficient (Wildman–Crippen LogP) is 5.38. The predicted molar refractivity (Wildman–Crippen MR) is 168 cm³/mol. The lowest BCUT2D eigenvalue weighted by Gasteiger charge is -2.40. The zero-order valence-corrected chi connectivity index (χ0v) is 25.8. The molecule has 0 radical (unpaired) electrons. The molecule has 3 saturated carbocycles. The first-order chi connectivity index (χ1) is 21.9. The van der Waals surface area contributed by atoms with Crippen LogP contribution < -0.4 is 10.6 Å². The molecule has 45 heavy (non-hydrogen) atoms. The molecule has 0 unspecified atom stereocenters. The Labute approximate surface area is 262 Å². The Bertz CT molecular complexity index is 1490. The van der Waals surface area contributed by atoms with Gasteiger partial charge in [0, 0.05) is 56.3 Å². The van der Waals surface area contributed by atoms with Crippen molar-refractivity contribution in [1.29, 1.82) is 0 Å². The van der Waals surface area contributed by atoms with Crippen LogP contribution in [0.4, 0.5) is 26.4 Å². The summed E-state index contributed by atoms with van der Waals surface area (Å²) in [6.07, 6.45) is 12.9. The highest BCUT2D eigenvalue weighted by atomic mass is 19.1. The number of benzene rings is 1. The van der Waals surface area contributed by atoms with Crippen LogP contribution in [0.2, 0.25) is 0 Å². The number of hydrogen-bond acceptors (Lipinski definition) is 8. The van der Waals surface area contributed by atoms with Gasteiger partial charge in [-0.1, -0.05) is 12.8 Å². The Hall–Kier alpha value is -3.38. The molecule has 0 spiro atoms. The summed E-state index contributed by atoms with van der Waals surface area (Å²) in [4.78, 5) is 32.3. The number of aromatic nitrogens is 4. The van der Waals surface area contributed by atoms with Gasteiger partial charge in [0.25, 0.3) is 0 Å². The molecule has 12 heteroatoms. The molecule has 7 rings (SSSR count). The van der Waals surface area contributed by atoms with Crippen LogP contribution in [0.5, 0.6) is 0 Å². The molecule has 3 heterocycles. The number of nitrogens with zero attached hydrogens (tertiary/aromatic N) is 6. The van der Waals surface area contributed by atoms with E-state index >= 15 is 0 Å². The minimum absolute atomic E-state index is 0.00292. The van der Waals surface area contributed by atoms with E-state index in [2.05, 4.69) is 25.4 Å². The summed E-state index contributed by atoms with van der Waals surface area (Å²) in [6, 6.07) is 4.30. The van der Waals surface area contributed by atoms with E-state index in [1.807, 2.05) is 4.57 Å². The number of imidazole rings is 1. The number of carbonyl (C=O) groups is 1. The number of rotatable bonds is 7. The van der Waals surface area contributed by atoms with Crippen LogP contribution in [-0.4, -0.2) is 84.7 Å². The van der Waals surface area contributed by atoms with Crippen LogP contribution in [0.3, 0.4) is 0 Å². The highest BCUT2D eigenvalue weighted by Crippen LogP contribution is 2.38. The van der Waals surface area contributed by atoms with Gasteiger partial charge in [-0.15, -0.1) is 0 Å². The first-order valence-electron chi connectivity index (χ1n) is 16.9. The number of piperazine rings is 1. The van der Waals surface area contributed by atoms with Gasteiger partial charge in [-0.2, -0.15) is 4.98 Å². The standard InChI is InChI=1S/C33H44F2N8O2/c34-22-7-14-28(27(35)19-22)38-33-39-29-20-36-32(37-23-8-12-26(44)13-9-23)40-30(29)43(33)25-10-5-21(6-11-25)31(45)42-17-15-41(16-18-42)24-3-1-2-4-24/h7,14,19-21,23-26,44H,1-6,8-13,15-18H2,(H,38,39)(H,36,37,40)/t21-,23-,25+,26-. The molecule has 3 N–H and O–H groups in total. The minimum Gasteiger partial charge on any atom is -0.393 e. The van der Waals surface area contributed by atoms with Crippen molar-refractivity contribution < 1.29 is 18.7 Å². The molecule has 1 aromatic carbocycles. The zero-order valence-electron chi connectivity index (χ0n) is 25.8. The molecule has 242 valence electrons. The van der Waals surface area contributed by atoms with E-state index in [0.717, 1.165) is 83.6 Å². The number of halogens is 2. The molecule has 0 bridgehead atoms. The second-order valence-corrected chi connectivity index (χ2v) is 13.4. The molecule has 1 aliphatic heterocycles. The van der Waals surface area contributed by atoms with E-state index in [0.29, 0.717) is 29.1 Å². The summed E-state index contributed by atoms with van der Waals surface area (Å²) in [6.45, 7) is 3.56. The Morgan fingerprint density at radius 1 is 0.867 bits per heavy atom. The molecular weight excluding hydrogens is 578 g/mol. The number of aliphatic hydroxyl groups excluding tert-OH is 1. The average molecular weight is 623 g/mol. The Morgan fingerprint density at radius 3 is 2.31 bits per heavy atom. The first kappa shape index (κ1) is 30.3. The highest BCUT2D eigenvalue weighted by Gasteiger charge is 2.35. The molecule has 1 saturated heterocycles. The number of carbonyl (C=O) groups excluding carboxylic acids is 1. The van der Waals surface area contributed by atoms with Crippen LogP contribution in [0.1, 0.15) is 83.1 Å². The van der Waals surface area contributed by atoms with Crippen LogP contribution in [0.15, 0.2) is 24.4 Å². The smallest absolute Gasteiger partial charge is 0.225 e. The van der Waals surface area contributed by atoms with Crippen molar-refractivity contribution in [2.24, 2.45) is 5.92 Å². The zero-order chi connectivity index (χ0) is 30.9. The van der Waals surface area contributed by atoms with Crippen molar-refractivity contribution in [2.75, 3.05) is 36.8 Å². The maximum Gasteiger partial charge on any atom is 0.225 e. The van der Waals surface area contributed by atoms with E-state index in [1.165, 1.54) is 37.8 Å². The average Bonchev–Trinajstić information content (AvgIpc) is 3.72. The highest BCUT2D eigenvalue weighted by molar-refractivity contribution is 5.79. The second-order valence-electron chi connectivity index (χ2n) is 13.4. The van der Waals surface area contributed by atoms with E-state index in [4.69, 9.17) is 9.97 Å². The van der Waals surface area contributed by atoms with Gasteiger partial charge in [-0.05, 0) is 76.3 Å². The van der Waals surface area contributed by atoms with Gasteiger partial charge in [0.05, 0.1) is 18.0 Å². The largest absolute Gasteiger partial charge is 0.393 e. The fraction of sp³-hybridized carbons (Fsp3) is 0.636. The van der Waals surface area contributed by atoms with E-state index < -0.39 is 11.6 Å². The van der Waals surface area contributed by atoms with E-state index in [1.54, 1.807) is 6.20 Å². The van der Waals surface area contributed by atoms with Crippen molar-refractivity contribution in [3.63, 3.8) is 0 Å². The molecule has 2 aromatic heterocycles. The van der Waals surface area contributed by atoms with Crippen molar-refractivity contribution in [2.45, 2.75) is 101 Å². The lowest BCUT2D eigenvalue weighted by Crippen LogP contribution is -2.52. The molecule has 4 aliphatic rings. The van der Waals surface area contributed by atoms with Crippen molar-refractivity contribution in [3.8, 4) is 0 Å². The first-order valence-corrected chi connectivity index (χ1v) is 16.9. The molecule has 3 aromatic rings. The summed E-state index contributed by atoms with van der Waals surface area (Å²) in [5.74, 6) is -0.178. The SMILES string of the molecule is O=C([C@H]1CC[C@@H](n2c(Nc3ccc(F)cc3F)nc3cnc(N[C@H]4CC[C@H](O)CC4)nc32)CC1)N1CCN(C2CCCC2)CC1. The van der Waals surface area contributed by atoms with Gasteiger partial charge in [0.15, 0.2) is 5.65 Å². The van der Waals surface area contributed by atoms with Gasteiger partial charge in [0.1, 0.15) is 17.2 Å². The quantitative estimate of drug-likeness (QED) is 0.322. The van der Waals surface area contributed by atoms with E-state index in [9.17, 15) is 18.7 Å². The molecule has 0 atom stereocenters. The number of nitrogens with one attached hydrogen (secondary N) is 2. The van der Waals surface area contributed by atoms with Crippen LogP contribution in [-0.2, 0) is 4.79 Å². The van der Waals surface area contributed by atoms with Crippen LogP contribution in [0, 0.1) is 17.6 Å². The Kier molecular flexibility index (Phi) is 8.85. The number of aliphatic hydroxyl groups is 1. The summed E-state index contributed by atoms with van der Waals surface area (Å²) < 4.78 is 30.4. The summed E-state index contributed by atoms with van der Waals surface area (Å²) in [7, 11) is 0. The second kappa shape index (κ2) is 13.2. The fourth-order valence-electron chi connectivity index (χ4n) is 7.92. The maximum atomic E-state index is 14.7. The monoisotopic (exact) mass is 622 g/mol. The third-order valence-electron chi connectivity index (χ3n) is 10.5. The maximum absolute atomic E-state index is 14.7. The summed E-state index contributed by atoms with van der Waals surface area (Å²) in [5, 5.41) is 16.4. The van der Waals surface area contributed by atoms with Gasteiger partial charge in [0.2, 0.25) is 17.8 Å². The van der Waals surface area contributed by atoms with Crippen molar-refractivity contribution in [1.82, 2.24) is 29.3 Å². The van der Waals surface area contributed by atoms with E-state index in [-0.39, 0.29) is 35.7 Å². The van der Waals surface area contributed by atoms with Gasteiger partial charge < -0.3 is 20.6 Å². The Morgan fingerprint density at radius 2 is 1.60 bits per heavy atom. The minimum atomic E-state index is -0.705. The lowest BCUT2D eigenvalue weighted by atomic mass is 9.85. The van der Waals surface area contributed by atoms with Gasteiger partial charge in [-0.25, -0.2) is 18.7 Å². The number of amides is 1. The molecule has 10 nitrogen and oxygen atoms in total. The van der Waals surface area contributed by atoms with Gasteiger partial charge >= 0.3 is 0 Å². The van der Waals surface area contributed by atoms with Crippen LogP contribution >= 0.6 is 0 Å². The van der Waals surface area contributed by atoms with Crippen LogP contribution in [0.25, 0.3) is 11.2 Å². The molecular formula is C33H44F2N8O2. The summed E-state index contributed by atoms with van der Waals surface area (Å²) in [5.41, 5.74) is 1.33. The summed E-state index contributed by atoms with van der Waals surface area (Å²) >= 11 is 0. The molecule has 3 aliphatic carbocycles. The topological polar surface area (TPSA) is 111 Å². The number of anilines is 3. The molecule has 1 amide bonds. The number of fused-ring (bicyclic) bond motifs is 1. The third-order valence-corrected chi connectivity index (χ3v) is 10.5. The fourth-order valence-corrected chi connectivity index (χ4v) is 7.92. The van der Waals surface area contributed by atoms with Crippen molar-refractivity contribution in [3.05, 3.63) is 36.0 Å². The van der Waals surface area contributed by atoms with Gasteiger partial charge in [-0.3, -0.25) is 14.3 Å². The van der Waals surface area contributed by atoms with Crippen molar-refractivity contribution >= 4 is 34.7 Å². The number of hydrogen-bond donors (Lipinski definition) is 3. The third kappa shape index (κ3) is 6.63.